The molecule has 7 nitrogen and oxygen atoms in total. The molecule has 174 valence electrons. The Morgan fingerprint density at radius 2 is 2.06 bits per heavy atom. The van der Waals surface area contributed by atoms with E-state index in [4.69, 9.17) is 19.9 Å². The van der Waals surface area contributed by atoms with Gasteiger partial charge in [0.25, 0.3) is 5.56 Å². The average Bonchev–Trinajstić information content (AvgIpc) is 3.19. The number of aldehydes is 1. The van der Waals surface area contributed by atoms with Gasteiger partial charge in [-0.05, 0) is 49.4 Å². The highest BCUT2D eigenvalue weighted by Crippen LogP contribution is 2.37. The number of unbranched alkanes of at least 4 members (excludes halogenated alkanes) is 1. The molecule has 8 heteroatoms. The van der Waals surface area contributed by atoms with Crippen LogP contribution in [0.3, 0.4) is 0 Å². The summed E-state index contributed by atoms with van der Waals surface area (Å²) >= 11 is 0. The number of hydrogen-bond acceptors (Lipinski definition) is 6. The highest BCUT2D eigenvalue weighted by Gasteiger charge is 2.31. The molecule has 1 unspecified atom stereocenters. The second-order valence-corrected chi connectivity index (χ2v) is 7.98. The monoisotopic (exact) mass is 454 g/mol. The van der Waals surface area contributed by atoms with E-state index in [-0.39, 0.29) is 24.6 Å². The van der Waals surface area contributed by atoms with Gasteiger partial charge < -0.3 is 9.67 Å². The van der Waals surface area contributed by atoms with Crippen LogP contribution < -0.4 is 5.56 Å². The summed E-state index contributed by atoms with van der Waals surface area (Å²) in [5.74, 6) is -0.327. The Morgan fingerprint density at radius 3 is 2.79 bits per heavy atom. The predicted molar refractivity (Wildman–Crippen MR) is 121 cm³/mol. The van der Waals surface area contributed by atoms with E-state index in [1.807, 2.05) is 19.9 Å². The number of aliphatic hydroxyl groups excluding tert-OH is 1. The first-order chi connectivity index (χ1) is 16.0. The maximum atomic E-state index is 14.6. The number of nitrogens with zero attached hydrogens (tertiary/aromatic N) is 2. The SMILES string of the molecule is CC.Cc1c(F)cc2nc3c(cc2c1CCCCO)Cn1c-3cc2c(c1=O)COOC2C=O. The molecule has 2 aromatic heterocycles. The second-order valence-electron chi connectivity index (χ2n) is 7.98. The van der Waals surface area contributed by atoms with Crippen LogP contribution in [0.25, 0.3) is 22.3 Å². The first-order valence-electron chi connectivity index (χ1n) is 11.3. The number of aromatic nitrogens is 2. The molecule has 0 aliphatic carbocycles. The van der Waals surface area contributed by atoms with E-state index in [9.17, 15) is 14.0 Å². The first-order valence-corrected chi connectivity index (χ1v) is 11.3. The summed E-state index contributed by atoms with van der Waals surface area (Å²) in [5, 5.41) is 9.96. The molecule has 1 atom stereocenters. The summed E-state index contributed by atoms with van der Waals surface area (Å²) < 4.78 is 16.3. The summed E-state index contributed by atoms with van der Waals surface area (Å²) in [6, 6.07) is 5.15. The molecule has 0 spiro atoms. The molecular weight excluding hydrogens is 427 g/mol. The lowest BCUT2D eigenvalue weighted by Crippen LogP contribution is -2.29. The minimum atomic E-state index is -0.968. The van der Waals surface area contributed by atoms with Crippen molar-refractivity contribution in [1.82, 2.24) is 9.55 Å². The average molecular weight is 454 g/mol. The predicted octanol–water partition coefficient (Wildman–Crippen LogP) is 3.92. The van der Waals surface area contributed by atoms with Crippen LogP contribution in [0, 0.1) is 12.7 Å². The Morgan fingerprint density at radius 1 is 1.27 bits per heavy atom. The van der Waals surface area contributed by atoms with Crippen LogP contribution in [0.4, 0.5) is 4.39 Å². The maximum Gasteiger partial charge on any atom is 0.257 e. The summed E-state index contributed by atoms with van der Waals surface area (Å²) in [6.45, 7) is 6.17. The Kier molecular flexibility index (Phi) is 6.69. The van der Waals surface area contributed by atoms with Crippen molar-refractivity contribution in [2.45, 2.75) is 59.3 Å². The van der Waals surface area contributed by atoms with Crippen molar-refractivity contribution < 1.29 is 24.1 Å². The lowest BCUT2D eigenvalue weighted by Gasteiger charge is -2.21. The van der Waals surface area contributed by atoms with Gasteiger partial charge in [0, 0.05) is 29.2 Å². The van der Waals surface area contributed by atoms with Gasteiger partial charge in [-0.3, -0.25) is 9.59 Å². The van der Waals surface area contributed by atoms with Crippen molar-refractivity contribution in [3.63, 3.8) is 0 Å². The van der Waals surface area contributed by atoms with E-state index in [1.54, 1.807) is 17.6 Å². The lowest BCUT2D eigenvalue weighted by molar-refractivity contribution is -0.334. The van der Waals surface area contributed by atoms with E-state index in [0.717, 1.165) is 22.9 Å². The van der Waals surface area contributed by atoms with E-state index >= 15 is 0 Å². The molecule has 2 aliphatic heterocycles. The molecular formula is C25H27FN2O5. The number of carbonyl (C=O) groups is 1. The zero-order valence-electron chi connectivity index (χ0n) is 19.0. The number of carbonyl (C=O) groups excluding carboxylic acids is 1. The van der Waals surface area contributed by atoms with Crippen molar-refractivity contribution in [2.75, 3.05) is 6.61 Å². The van der Waals surface area contributed by atoms with Crippen LogP contribution >= 0.6 is 0 Å². The third kappa shape index (κ3) is 3.88. The molecule has 5 rings (SSSR count). The van der Waals surface area contributed by atoms with E-state index < -0.39 is 6.10 Å². The van der Waals surface area contributed by atoms with Crippen LogP contribution in [0.15, 0.2) is 23.0 Å². The van der Waals surface area contributed by atoms with E-state index in [1.165, 1.54) is 6.07 Å². The van der Waals surface area contributed by atoms with Gasteiger partial charge in [0.05, 0.1) is 29.0 Å². The molecule has 0 saturated heterocycles. The van der Waals surface area contributed by atoms with Crippen LogP contribution in [0.5, 0.6) is 0 Å². The van der Waals surface area contributed by atoms with Crippen molar-refractivity contribution in [2.24, 2.45) is 0 Å². The number of rotatable bonds is 5. The second kappa shape index (κ2) is 9.51. The molecule has 4 heterocycles. The molecule has 3 aromatic rings. The highest BCUT2D eigenvalue weighted by molar-refractivity contribution is 5.88. The van der Waals surface area contributed by atoms with Crippen LogP contribution in [-0.4, -0.2) is 27.6 Å². The molecule has 1 aromatic carbocycles. The van der Waals surface area contributed by atoms with E-state index in [2.05, 4.69) is 0 Å². The third-order valence-electron chi connectivity index (χ3n) is 6.18. The topological polar surface area (TPSA) is 90.7 Å². The van der Waals surface area contributed by atoms with Gasteiger partial charge in [-0.2, -0.15) is 0 Å². The fraction of sp³-hybridized carbons (Fsp3) is 0.400. The molecule has 0 amide bonds. The molecule has 0 saturated carbocycles. The summed E-state index contributed by atoms with van der Waals surface area (Å²) in [7, 11) is 0. The Labute approximate surface area is 190 Å². The van der Waals surface area contributed by atoms with Crippen LogP contribution in [0.2, 0.25) is 0 Å². The van der Waals surface area contributed by atoms with Gasteiger partial charge in [0.2, 0.25) is 0 Å². The normalized spacial score (nSPS) is 16.0. The zero-order chi connectivity index (χ0) is 23.7. The van der Waals surface area contributed by atoms with Crippen molar-refractivity contribution >= 4 is 17.2 Å². The van der Waals surface area contributed by atoms with Gasteiger partial charge in [0.1, 0.15) is 12.4 Å². The third-order valence-corrected chi connectivity index (χ3v) is 6.18. The molecule has 2 aliphatic rings. The standard InChI is InChI=1S/C23H21FN2O5.C2H6/c1-12-14(4-2-3-5-27)15-6-13-9-26-20(22(13)25-19(15)8-18(12)24)7-16-17(23(26)29)11-30-31-21(16)10-28;1-2/h6-8,10,21,27H,2-5,9,11H2,1H3;1-2H3. The molecule has 33 heavy (non-hydrogen) atoms. The number of benzene rings is 1. The molecule has 0 radical (unpaired) electrons. The first kappa shape index (κ1) is 23.2. The summed E-state index contributed by atoms with van der Waals surface area (Å²) in [4.78, 5) is 39.1. The number of aryl methyl sites for hydroxylation is 1. The van der Waals surface area contributed by atoms with Crippen LogP contribution in [0.1, 0.15) is 60.6 Å². The number of aliphatic hydroxyl groups is 1. The maximum absolute atomic E-state index is 14.6. The number of halogens is 1. The largest absolute Gasteiger partial charge is 0.396 e. The van der Waals surface area contributed by atoms with Crippen molar-refractivity contribution in [3.05, 3.63) is 62.2 Å². The van der Waals surface area contributed by atoms with Gasteiger partial charge in [-0.15, -0.1) is 0 Å². The highest BCUT2D eigenvalue weighted by atomic mass is 19.1. The molecule has 1 N–H and O–H groups in total. The van der Waals surface area contributed by atoms with Crippen molar-refractivity contribution in [1.29, 1.82) is 0 Å². The van der Waals surface area contributed by atoms with Gasteiger partial charge in [0.15, 0.2) is 12.4 Å². The van der Waals surface area contributed by atoms with E-state index in [0.29, 0.717) is 59.3 Å². The minimum Gasteiger partial charge on any atom is -0.396 e. The van der Waals surface area contributed by atoms with Gasteiger partial charge in [-0.1, -0.05) is 13.8 Å². The Bertz CT molecular complexity index is 1280. The number of fused-ring (bicyclic) bond motifs is 5. The smallest absolute Gasteiger partial charge is 0.257 e. The Balaban J connectivity index is 0.00000126. The minimum absolute atomic E-state index is 0.0239. The molecule has 0 bridgehead atoms. The zero-order valence-corrected chi connectivity index (χ0v) is 19.0. The lowest BCUT2D eigenvalue weighted by atomic mass is 9.95. The summed E-state index contributed by atoms with van der Waals surface area (Å²) in [5.41, 5.74) is 4.67. The Hall–Kier alpha value is -2.94. The summed E-state index contributed by atoms with van der Waals surface area (Å²) in [6.07, 6.45) is 1.65. The fourth-order valence-corrected chi connectivity index (χ4v) is 4.52. The van der Waals surface area contributed by atoms with Gasteiger partial charge >= 0.3 is 0 Å². The van der Waals surface area contributed by atoms with Gasteiger partial charge in [-0.25, -0.2) is 19.1 Å². The number of hydrogen-bond donors (Lipinski definition) is 1. The quantitative estimate of drug-likeness (QED) is 0.279. The number of pyridine rings is 2. The molecule has 0 fully saturated rings. The fourth-order valence-electron chi connectivity index (χ4n) is 4.52. The van der Waals surface area contributed by atoms with Crippen molar-refractivity contribution in [3.8, 4) is 11.4 Å². The van der Waals surface area contributed by atoms with Crippen LogP contribution in [-0.2, 0) is 34.1 Å².